The van der Waals surface area contributed by atoms with Crippen LogP contribution in [-0.2, 0) is 13.0 Å². The summed E-state index contributed by atoms with van der Waals surface area (Å²) in [5.41, 5.74) is 10.8. The van der Waals surface area contributed by atoms with E-state index < -0.39 is 0 Å². The average Bonchev–Trinajstić information content (AvgIpc) is 2.63. The fourth-order valence-corrected chi connectivity index (χ4v) is 2.97. The Morgan fingerprint density at radius 1 is 0.875 bits per heavy atom. The average molecular weight is 328 g/mol. The summed E-state index contributed by atoms with van der Waals surface area (Å²) in [5, 5.41) is 0. The minimum absolute atomic E-state index is 0.539. The molecule has 0 saturated heterocycles. The lowest BCUT2D eigenvalue weighted by molar-refractivity contribution is 0.354. The molecule has 0 amide bonds. The quantitative estimate of drug-likeness (QED) is 0.804. The standard InChI is InChI=1S/C20H28N2O2/c1-5-22(6-2)18-9-8-16(17(13-18)14-21)11-15-7-10-19(23-3)20(12-15)24-4/h7-10,12-13H,5-6,11,14,21H2,1-4H3. The number of nitrogens with zero attached hydrogens (tertiary/aromatic N) is 1. The first kappa shape index (κ1) is 18.1. The highest BCUT2D eigenvalue weighted by molar-refractivity contribution is 5.52. The van der Waals surface area contributed by atoms with Crippen molar-refractivity contribution < 1.29 is 9.47 Å². The van der Waals surface area contributed by atoms with Crippen LogP contribution in [0.4, 0.5) is 5.69 Å². The Balaban J connectivity index is 2.29. The van der Waals surface area contributed by atoms with E-state index in [1.165, 1.54) is 22.4 Å². The van der Waals surface area contributed by atoms with Crippen LogP contribution in [0.5, 0.6) is 11.5 Å². The predicted molar refractivity (Wildman–Crippen MR) is 100 cm³/mol. The third-order valence-corrected chi connectivity index (χ3v) is 4.38. The van der Waals surface area contributed by atoms with Crippen LogP contribution in [-0.4, -0.2) is 27.3 Å². The SMILES string of the molecule is CCN(CC)c1ccc(Cc2ccc(OC)c(OC)c2)c(CN)c1. The summed E-state index contributed by atoms with van der Waals surface area (Å²) < 4.78 is 10.7. The molecule has 0 aliphatic heterocycles. The normalized spacial score (nSPS) is 10.5. The Kier molecular flexibility index (Phi) is 6.50. The van der Waals surface area contributed by atoms with Crippen LogP contribution in [0.1, 0.15) is 30.5 Å². The van der Waals surface area contributed by atoms with Crippen molar-refractivity contribution in [3.8, 4) is 11.5 Å². The molecule has 0 fully saturated rings. The van der Waals surface area contributed by atoms with Crippen LogP contribution in [0.2, 0.25) is 0 Å². The third kappa shape index (κ3) is 4.01. The Hall–Kier alpha value is -2.20. The van der Waals surface area contributed by atoms with Crippen LogP contribution in [0.25, 0.3) is 0 Å². The van der Waals surface area contributed by atoms with Crippen LogP contribution in [0.3, 0.4) is 0 Å². The van der Waals surface area contributed by atoms with Gasteiger partial charge in [0.15, 0.2) is 11.5 Å². The zero-order chi connectivity index (χ0) is 17.5. The van der Waals surface area contributed by atoms with Gasteiger partial charge in [0.1, 0.15) is 0 Å². The predicted octanol–water partition coefficient (Wildman–Crippen LogP) is 3.60. The van der Waals surface area contributed by atoms with E-state index in [-0.39, 0.29) is 0 Å². The molecular weight excluding hydrogens is 300 g/mol. The van der Waals surface area contributed by atoms with Crippen molar-refractivity contribution in [2.45, 2.75) is 26.8 Å². The zero-order valence-electron chi connectivity index (χ0n) is 15.1. The van der Waals surface area contributed by atoms with Gasteiger partial charge in [-0.2, -0.15) is 0 Å². The van der Waals surface area contributed by atoms with E-state index in [0.717, 1.165) is 31.0 Å². The maximum absolute atomic E-state index is 5.99. The number of rotatable bonds is 8. The van der Waals surface area contributed by atoms with E-state index in [2.05, 4.69) is 43.0 Å². The number of hydrogen-bond donors (Lipinski definition) is 1. The molecule has 0 aliphatic rings. The molecule has 0 radical (unpaired) electrons. The smallest absolute Gasteiger partial charge is 0.160 e. The summed E-state index contributed by atoms with van der Waals surface area (Å²) in [6, 6.07) is 12.6. The second-order valence-electron chi connectivity index (χ2n) is 5.70. The van der Waals surface area contributed by atoms with E-state index in [1.54, 1.807) is 14.2 Å². The Bertz CT molecular complexity index is 667. The number of ether oxygens (including phenoxy) is 2. The lowest BCUT2D eigenvalue weighted by Crippen LogP contribution is -2.22. The summed E-state index contributed by atoms with van der Waals surface area (Å²) in [6.45, 7) is 6.87. The molecule has 2 N–H and O–H groups in total. The number of nitrogens with two attached hydrogens (primary N) is 1. The monoisotopic (exact) mass is 328 g/mol. The molecule has 2 aromatic carbocycles. The van der Waals surface area contributed by atoms with Crippen molar-refractivity contribution in [1.82, 2.24) is 0 Å². The van der Waals surface area contributed by atoms with Gasteiger partial charge in [-0.25, -0.2) is 0 Å². The van der Waals surface area contributed by atoms with Gasteiger partial charge in [0.25, 0.3) is 0 Å². The lowest BCUT2D eigenvalue weighted by Gasteiger charge is -2.22. The third-order valence-electron chi connectivity index (χ3n) is 4.38. The molecule has 0 atom stereocenters. The van der Waals surface area contributed by atoms with Crippen molar-refractivity contribution in [2.24, 2.45) is 5.73 Å². The molecule has 0 aromatic heterocycles. The van der Waals surface area contributed by atoms with Crippen LogP contribution in [0.15, 0.2) is 36.4 Å². The van der Waals surface area contributed by atoms with Gasteiger partial charge in [-0.15, -0.1) is 0 Å². The van der Waals surface area contributed by atoms with Gasteiger partial charge in [0.05, 0.1) is 14.2 Å². The van der Waals surface area contributed by atoms with Gasteiger partial charge in [-0.05, 0) is 61.2 Å². The van der Waals surface area contributed by atoms with Crippen LogP contribution in [0, 0.1) is 0 Å². The minimum atomic E-state index is 0.539. The molecule has 0 spiro atoms. The first-order valence-corrected chi connectivity index (χ1v) is 8.44. The molecule has 0 unspecified atom stereocenters. The maximum atomic E-state index is 5.99. The van der Waals surface area contributed by atoms with Gasteiger partial charge in [-0.3, -0.25) is 0 Å². The number of methoxy groups -OCH3 is 2. The topological polar surface area (TPSA) is 47.7 Å². The molecule has 2 aromatic rings. The van der Waals surface area contributed by atoms with Crippen molar-refractivity contribution in [3.05, 3.63) is 53.1 Å². The molecular formula is C20H28N2O2. The van der Waals surface area contributed by atoms with E-state index in [0.29, 0.717) is 6.54 Å². The number of hydrogen-bond acceptors (Lipinski definition) is 4. The van der Waals surface area contributed by atoms with Crippen LogP contribution < -0.4 is 20.1 Å². The summed E-state index contributed by atoms with van der Waals surface area (Å²) in [6.07, 6.45) is 0.825. The molecule has 4 nitrogen and oxygen atoms in total. The fraction of sp³-hybridized carbons (Fsp3) is 0.400. The zero-order valence-corrected chi connectivity index (χ0v) is 15.1. The van der Waals surface area contributed by atoms with Crippen molar-refractivity contribution >= 4 is 5.69 Å². The van der Waals surface area contributed by atoms with Crippen molar-refractivity contribution in [3.63, 3.8) is 0 Å². The van der Waals surface area contributed by atoms with E-state index in [9.17, 15) is 0 Å². The van der Waals surface area contributed by atoms with Gasteiger partial charge in [-0.1, -0.05) is 12.1 Å². The molecule has 24 heavy (non-hydrogen) atoms. The fourth-order valence-electron chi connectivity index (χ4n) is 2.97. The maximum Gasteiger partial charge on any atom is 0.160 e. The Labute approximate surface area is 145 Å². The van der Waals surface area contributed by atoms with Gasteiger partial charge < -0.3 is 20.1 Å². The number of benzene rings is 2. The van der Waals surface area contributed by atoms with E-state index >= 15 is 0 Å². The number of anilines is 1. The van der Waals surface area contributed by atoms with Crippen LogP contribution >= 0.6 is 0 Å². The molecule has 0 heterocycles. The van der Waals surface area contributed by atoms with Gasteiger partial charge >= 0.3 is 0 Å². The van der Waals surface area contributed by atoms with Crippen molar-refractivity contribution in [2.75, 3.05) is 32.2 Å². The Morgan fingerprint density at radius 3 is 2.17 bits per heavy atom. The molecule has 0 bridgehead atoms. The molecule has 0 aliphatic carbocycles. The van der Waals surface area contributed by atoms with E-state index in [1.807, 2.05) is 12.1 Å². The highest BCUT2D eigenvalue weighted by atomic mass is 16.5. The highest BCUT2D eigenvalue weighted by Gasteiger charge is 2.10. The summed E-state index contributed by atoms with van der Waals surface area (Å²) in [5.74, 6) is 1.50. The Morgan fingerprint density at radius 2 is 1.58 bits per heavy atom. The molecule has 0 saturated carbocycles. The largest absolute Gasteiger partial charge is 0.493 e. The molecule has 4 heteroatoms. The van der Waals surface area contributed by atoms with E-state index in [4.69, 9.17) is 15.2 Å². The van der Waals surface area contributed by atoms with Gasteiger partial charge in [0, 0.05) is 25.3 Å². The van der Waals surface area contributed by atoms with Crippen molar-refractivity contribution in [1.29, 1.82) is 0 Å². The second-order valence-corrected chi connectivity index (χ2v) is 5.70. The summed E-state index contributed by atoms with van der Waals surface area (Å²) in [7, 11) is 3.31. The summed E-state index contributed by atoms with van der Waals surface area (Å²) >= 11 is 0. The summed E-state index contributed by atoms with van der Waals surface area (Å²) in [4.78, 5) is 2.33. The minimum Gasteiger partial charge on any atom is -0.493 e. The second kappa shape index (κ2) is 8.60. The highest BCUT2D eigenvalue weighted by Crippen LogP contribution is 2.29. The van der Waals surface area contributed by atoms with Gasteiger partial charge in [0.2, 0.25) is 0 Å². The first-order chi connectivity index (χ1) is 11.7. The molecule has 130 valence electrons. The lowest BCUT2D eigenvalue weighted by atomic mass is 9.98. The molecule has 2 rings (SSSR count). The first-order valence-electron chi connectivity index (χ1n) is 8.44.